The molecule has 0 aliphatic carbocycles. The summed E-state index contributed by atoms with van der Waals surface area (Å²) in [4.78, 5) is 22.7. The van der Waals surface area contributed by atoms with Gasteiger partial charge in [-0.2, -0.15) is 0 Å². The van der Waals surface area contributed by atoms with Crippen LogP contribution in [0.5, 0.6) is 0 Å². The van der Waals surface area contributed by atoms with Crippen LogP contribution in [0.1, 0.15) is 46.5 Å². The maximum absolute atomic E-state index is 12.0. The quantitative estimate of drug-likeness (QED) is 0.409. The summed E-state index contributed by atoms with van der Waals surface area (Å²) >= 11 is 0. The zero-order valence-electron chi connectivity index (χ0n) is 14.7. The highest BCUT2D eigenvalue weighted by molar-refractivity contribution is 5.71. The summed E-state index contributed by atoms with van der Waals surface area (Å²) in [5, 5.41) is 38.2. The average molecular weight is 364 g/mol. The van der Waals surface area contributed by atoms with Crippen molar-refractivity contribution in [2.24, 2.45) is 0 Å². The van der Waals surface area contributed by atoms with E-state index in [1.54, 1.807) is 13.8 Å². The number of aliphatic carboxylic acids is 1. The van der Waals surface area contributed by atoms with Crippen LogP contribution in [0.3, 0.4) is 0 Å². The molecule has 25 heavy (non-hydrogen) atoms. The number of esters is 1. The molecule has 7 atom stereocenters. The number of aliphatic hydroxyl groups is 3. The summed E-state index contributed by atoms with van der Waals surface area (Å²) in [5.74, 6) is -1.66. The summed E-state index contributed by atoms with van der Waals surface area (Å²) in [7, 11) is 0. The van der Waals surface area contributed by atoms with Crippen LogP contribution in [-0.2, 0) is 23.8 Å². The first kappa shape index (κ1) is 21.8. The average Bonchev–Trinajstić information content (AvgIpc) is 2.55. The van der Waals surface area contributed by atoms with Crippen LogP contribution in [0.25, 0.3) is 0 Å². The van der Waals surface area contributed by atoms with Gasteiger partial charge in [-0.3, -0.25) is 9.59 Å². The fourth-order valence-electron chi connectivity index (χ4n) is 2.49. The van der Waals surface area contributed by atoms with Crippen molar-refractivity contribution >= 4 is 11.9 Å². The molecule has 9 heteroatoms. The van der Waals surface area contributed by atoms with Gasteiger partial charge in [0.05, 0.1) is 25.0 Å². The monoisotopic (exact) mass is 364 g/mol. The van der Waals surface area contributed by atoms with Gasteiger partial charge in [0, 0.05) is 0 Å². The molecule has 7 unspecified atom stereocenters. The second-order valence-corrected chi connectivity index (χ2v) is 6.17. The largest absolute Gasteiger partial charge is 0.481 e. The van der Waals surface area contributed by atoms with Crippen LogP contribution in [0.2, 0.25) is 0 Å². The van der Waals surface area contributed by atoms with Crippen molar-refractivity contribution in [3.8, 4) is 0 Å². The standard InChI is InChI=1S/C16H28O9/c1-4-9(6-11(17)18)24-12(19)7-10(5-2)25-16-15(22)14(21)13(20)8(3)23-16/h8-10,13-16,20-22H,4-7H2,1-3H3,(H,17,18). The van der Waals surface area contributed by atoms with E-state index in [2.05, 4.69) is 0 Å². The molecule has 1 rings (SSSR count). The minimum absolute atomic E-state index is 0.147. The number of ether oxygens (including phenoxy) is 3. The van der Waals surface area contributed by atoms with E-state index in [1.807, 2.05) is 0 Å². The lowest BCUT2D eigenvalue weighted by Crippen LogP contribution is -2.58. The van der Waals surface area contributed by atoms with Gasteiger partial charge in [0.2, 0.25) is 0 Å². The molecule has 1 aliphatic heterocycles. The van der Waals surface area contributed by atoms with E-state index in [0.29, 0.717) is 12.8 Å². The van der Waals surface area contributed by atoms with Gasteiger partial charge in [0.1, 0.15) is 24.4 Å². The number of carbonyl (C=O) groups excluding carboxylic acids is 1. The molecule has 0 aromatic rings. The maximum atomic E-state index is 12.0. The van der Waals surface area contributed by atoms with Crippen molar-refractivity contribution in [1.29, 1.82) is 0 Å². The lowest BCUT2D eigenvalue weighted by atomic mass is 10.00. The topological polar surface area (TPSA) is 143 Å². The number of aliphatic hydroxyl groups excluding tert-OH is 3. The molecule has 1 heterocycles. The first-order valence-electron chi connectivity index (χ1n) is 8.45. The third-order valence-electron chi connectivity index (χ3n) is 4.14. The number of carbonyl (C=O) groups is 2. The zero-order chi connectivity index (χ0) is 19.1. The van der Waals surface area contributed by atoms with Crippen LogP contribution < -0.4 is 0 Å². The van der Waals surface area contributed by atoms with Gasteiger partial charge in [-0.15, -0.1) is 0 Å². The second-order valence-electron chi connectivity index (χ2n) is 6.17. The van der Waals surface area contributed by atoms with Crippen molar-refractivity contribution in [2.45, 2.75) is 89.4 Å². The van der Waals surface area contributed by atoms with Crippen molar-refractivity contribution in [2.75, 3.05) is 0 Å². The maximum Gasteiger partial charge on any atom is 0.308 e. The Morgan fingerprint density at radius 2 is 1.60 bits per heavy atom. The molecular formula is C16H28O9. The molecule has 0 amide bonds. The molecule has 0 aromatic heterocycles. The predicted octanol–water partition coefficient (Wildman–Crippen LogP) is -0.204. The van der Waals surface area contributed by atoms with Crippen LogP contribution in [0.4, 0.5) is 0 Å². The van der Waals surface area contributed by atoms with E-state index in [9.17, 15) is 24.9 Å². The van der Waals surface area contributed by atoms with E-state index in [0.717, 1.165) is 0 Å². The lowest BCUT2D eigenvalue weighted by molar-refractivity contribution is -0.304. The Morgan fingerprint density at radius 3 is 2.12 bits per heavy atom. The van der Waals surface area contributed by atoms with Crippen LogP contribution in [0, 0.1) is 0 Å². The molecule has 0 spiro atoms. The number of rotatable bonds is 9. The van der Waals surface area contributed by atoms with Gasteiger partial charge in [-0.25, -0.2) is 0 Å². The van der Waals surface area contributed by atoms with Crippen molar-refractivity contribution in [1.82, 2.24) is 0 Å². The predicted molar refractivity (Wildman–Crippen MR) is 84.6 cm³/mol. The Bertz CT molecular complexity index is 441. The molecule has 0 bridgehead atoms. The summed E-state index contributed by atoms with van der Waals surface area (Å²) in [5.41, 5.74) is 0. The van der Waals surface area contributed by atoms with Crippen LogP contribution in [-0.4, -0.2) is 75.3 Å². The van der Waals surface area contributed by atoms with Gasteiger partial charge < -0.3 is 34.6 Å². The third kappa shape index (κ3) is 6.52. The highest BCUT2D eigenvalue weighted by Crippen LogP contribution is 2.24. The number of carboxylic acids is 1. The summed E-state index contributed by atoms with van der Waals surface area (Å²) in [6.45, 7) is 5.01. The van der Waals surface area contributed by atoms with Gasteiger partial charge in [0.15, 0.2) is 6.29 Å². The normalized spacial score (nSPS) is 32.0. The van der Waals surface area contributed by atoms with E-state index >= 15 is 0 Å². The molecule has 1 aliphatic rings. The first-order valence-corrected chi connectivity index (χ1v) is 8.45. The molecule has 9 nitrogen and oxygen atoms in total. The molecule has 1 saturated heterocycles. The molecule has 0 aromatic carbocycles. The van der Waals surface area contributed by atoms with Crippen LogP contribution >= 0.6 is 0 Å². The van der Waals surface area contributed by atoms with E-state index in [1.165, 1.54) is 6.92 Å². The molecule has 0 radical (unpaired) electrons. The van der Waals surface area contributed by atoms with Crippen molar-refractivity contribution < 1.29 is 44.2 Å². The number of hydrogen-bond donors (Lipinski definition) is 4. The van der Waals surface area contributed by atoms with E-state index < -0.39 is 54.9 Å². The molecular weight excluding hydrogens is 336 g/mol. The number of carboxylic acid groups (broad SMARTS) is 1. The van der Waals surface area contributed by atoms with Gasteiger partial charge in [-0.05, 0) is 19.8 Å². The highest BCUT2D eigenvalue weighted by atomic mass is 16.7. The van der Waals surface area contributed by atoms with E-state index in [-0.39, 0.29) is 12.8 Å². The number of hydrogen-bond acceptors (Lipinski definition) is 8. The van der Waals surface area contributed by atoms with E-state index in [4.69, 9.17) is 19.3 Å². The lowest BCUT2D eigenvalue weighted by Gasteiger charge is -2.40. The highest BCUT2D eigenvalue weighted by Gasteiger charge is 2.43. The molecule has 1 fully saturated rings. The van der Waals surface area contributed by atoms with Crippen molar-refractivity contribution in [3.05, 3.63) is 0 Å². The minimum atomic E-state index is -1.45. The van der Waals surface area contributed by atoms with Gasteiger partial charge in [-0.1, -0.05) is 13.8 Å². The summed E-state index contributed by atoms with van der Waals surface area (Å²) in [6.07, 6.45) is -7.03. The smallest absolute Gasteiger partial charge is 0.308 e. The van der Waals surface area contributed by atoms with Crippen LogP contribution in [0.15, 0.2) is 0 Å². The second kappa shape index (κ2) is 10.0. The minimum Gasteiger partial charge on any atom is -0.481 e. The summed E-state index contributed by atoms with van der Waals surface area (Å²) < 4.78 is 16.0. The third-order valence-corrected chi connectivity index (χ3v) is 4.14. The Balaban J connectivity index is 2.58. The molecule has 146 valence electrons. The van der Waals surface area contributed by atoms with Crippen molar-refractivity contribution in [3.63, 3.8) is 0 Å². The fourth-order valence-corrected chi connectivity index (χ4v) is 2.49. The Labute approximate surface area is 146 Å². The SMILES string of the molecule is CCC(CC(=O)O)OC(=O)CC(CC)OC1OC(C)C(O)C(O)C1O. The first-order chi connectivity index (χ1) is 11.7. The summed E-state index contributed by atoms with van der Waals surface area (Å²) in [6, 6.07) is 0. The molecule has 0 saturated carbocycles. The zero-order valence-corrected chi connectivity index (χ0v) is 14.7. The Hall–Kier alpha value is -1.26. The Kier molecular flexibility index (Phi) is 8.74. The fraction of sp³-hybridized carbons (Fsp3) is 0.875. The Morgan fingerprint density at radius 1 is 1.00 bits per heavy atom. The molecule has 4 N–H and O–H groups in total. The van der Waals surface area contributed by atoms with Gasteiger partial charge in [0.25, 0.3) is 0 Å². The van der Waals surface area contributed by atoms with Gasteiger partial charge >= 0.3 is 11.9 Å².